The second-order valence-electron chi connectivity index (χ2n) is 12.8. The number of anilines is 1. The van der Waals surface area contributed by atoms with Crippen molar-refractivity contribution in [3.63, 3.8) is 0 Å². The number of aromatic amines is 1. The summed E-state index contributed by atoms with van der Waals surface area (Å²) in [7, 11) is 0. The summed E-state index contributed by atoms with van der Waals surface area (Å²) in [5, 5.41) is 14.7. The van der Waals surface area contributed by atoms with Crippen LogP contribution in [0.2, 0.25) is 5.02 Å². The molecule has 0 bridgehead atoms. The van der Waals surface area contributed by atoms with Crippen LogP contribution in [0.3, 0.4) is 0 Å². The van der Waals surface area contributed by atoms with Gasteiger partial charge < -0.3 is 15.5 Å². The van der Waals surface area contributed by atoms with Crippen molar-refractivity contribution in [1.82, 2.24) is 25.9 Å². The number of aromatic nitrogens is 2. The molecule has 4 N–H and O–H groups in total. The molecule has 1 unspecified atom stereocenters. The van der Waals surface area contributed by atoms with Gasteiger partial charge >= 0.3 is 6.03 Å². The van der Waals surface area contributed by atoms with E-state index in [1.165, 1.54) is 0 Å². The maximum atomic E-state index is 13.8. The van der Waals surface area contributed by atoms with Crippen LogP contribution in [0.15, 0.2) is 30.5 Å². The van der Waals surface area contributed by atoms with Gasteiger partial charge in [0.2, 0.25) is 11.8 Å². The fraction of sp³-hybridized carbons (Fsp3) is 0.467. The Morgan fingerprint density at radius 1 is 1.22 bits per heavy atom. The highest BCUT2D eigenvalue weighted by Crippen LogP contribution is 2.36. The average molecular weight is 579 g/mol. The largest absolute Gasteiger partial charge is 0.339 e. The SMILES string of the molecule is CC(C)(C)CN1Cc2c(cc(Cl)c3[nH]ncc23)C[C@@H](CC(=O)Nc2ccc3c(c2)CCC2(CONC(=O)N2)C3)C1=O. The van der Waals surface area contributed by atoms with Gasteiger partial charge in [-0.3, -0.25) is 19.5 Å². The van der Waals surface area contributed by atoms with Crippen molar-refractivity contribution in [2.24, 2.45) is 11.3 Å². The van der Waals surface area contributed by atoms with Crippen molar-refractivity contribution in [3.8, 4) is 0 Å². The van der Waals surface area contributed by atoms with E-state index in [4.69, 9.17) is 16.4 Å². The molecule has 3 aliphatic rings. The number of rotatable bonds is 4. The topological polar surface area (TPSA) is 128 Å². The third kappa shape index (κ3) is 5.63. The maximum Gasteiger partial charge on any atom is 0.339 e. The summed E-state index contributed by atoms with van der Waals surface area (Å²) < 4.78 is 0. The number of hydrogen-bond acceptors (Lipinski definition) is 5. The van der Waals surface area contributed by atoms with Crippen molar-refractivity contribution in [1.29, 1.82) is 0 Å². The summed E-state index contributed by atoms with van der Waals surface area (Å²) in [6.45, 7) is 7.73. The van der Waals surface area contributed by atoms with Gasteiger partial charge in [-0.25, -0.2) is 10.3 Å². The van der Waals surface area contributed by atoms with Gasteiger partial charge in [0.15, 0.2) is 0 Å². The van der Waals surface area contributed by atoms with E-state index in [2.05, 4.69) is 47.1 Å². The van der Waals surface area contributed by atoms with E-state index in [1.54, 1.807) is 6.20 Å². The monoisotopic (exact) mass is 578 g/mol. The predicted octanol–water partition coefficient (Wildman–Crippen LogP) is 4.26. The molecule has 1 spiro atoms. The summed E-state index contributed by atoms with van der Waals surface area (Å²) in [4.78, 5) is 46.1. The molecule has 1 aromatic heterocycles. The number of hydrogen-bond donors (Lipinski definition) is 4. The number of hydroxylamine groups is 1. The molecule has 10 nitrogen and oxygen atoms in total. The van der Waals surface area contributed by atoms with Crippen LogP contribution >= 0.6 is 11.6 Å². The van der Waals surface area contributed by atoms with E-state index in [0.29, 0.717) is 43.2 Å². The lowest BCUT2D eigenvalue weighted by atomic mass is 9.78. The molecule has 2 atom stereocenters. The van der Waals surface area contributed by atoms with Crippen LogP contribution in [0.1, 0.15) is 55.9 Å². The first-order valence-corrected chi connectivity index (χ1v) is 14.4. The molecule has 3 heterocycles. The fourth-order valence-electron chi connectivity index (χ4n) is 6.44. The highest BCUT2D eigenvalue weighted by Gasteiger charge is 2.39. The number of carbonyl (C=O) groups is 3. The number of nitrogens with one attached hydrogen (secondary N) is 4. The third-order valence-electron chi connectivity index (χ3n) is 8.25. The van der Waals surface area contributed by atoms with Gasteiger partial charge in [-0.05, 0) is 71.6 Å². The van der Waals surface area contributed by atoms with E-state index in [1.807, 2.05) is 29.2 Å². The van der Waals surface area contributed by atoms with Crippen LogP contribution in [0.5, 0.6) is 0 Å². The number of carbonyl (C=O) groups excluding carboxylic acids is 3. The first kappa shape index (κ1) is 27.5. The van der Waals surface area contributed by atoms with Gasteiger partial charge in [0, 0.05) is 30.6 Å². The summed E-state index contributed by atoms with van der Waals surface area (Å²) >= 11 is 6.56. The minimum atomic E-state index is -0.514. The quantitative estimate of drug-likeness (QED) is 0.368. The Bertz CT molecular complexity index is 1550. The van der Waals surface area contributed by atoms with Crippen molar-refractivity contribution in [2.75, 3.05) is 18.5 Å². The number of benzene rings is 2. The molecule has 11 heteroatoms. The van der Waals surface area contributed by atoms with E-state index >= 15 is 0 Å². The molecule has 1 aliphatic carbocycles. The molecule has 216 valence electrons. The van der Waals surface area contributed by atoms with Crippen LogP contribution in [0.4, 0.5) is 10.5 Å². The van der Waals surface area contributed by atoms with Crippen molar-refractivity contribution >= 4 is 46.0 Å². The summed E-state index contributed by atoms with van der Waals surface area (Å²) in [5.41, 5.74) is 7.54. The van der Waals surface area contributed by atoms with Gasteiger partial charge in [-0.15, -0.1) is 0 Å². The van der Waals surface area contributed by atoms with Gasteiger partial charge in [-0.1, -0.05) is 38.4 Å². The maximum absolute atomic E-state index is 13.8. The molecule has 1 fully saturated rings. The molecule has 4 amide bonds. The van der Waals surface area contributed by atoms with Crippen LogP contribution in [-0.4, -0.2) is 51.6 Å². The molecule has 41 heavy (non-hydrogen) atoms. The molecule has 0 radical (unpaired) electrons. The smallest absolute Gasteiger partial charge is 0.338 e. The second-order valence-corrected chi connectivity index (χ2v) is 13.3. The Hall–Kier alpha value is -3.63. The molecule has 2 aromatic carbocycles. The van der Waals surface area contributed by atoms with E-state index < -0.39 is 11.5 Å². The highest BCUT2D eigenvalue weighted by atomic mass is 35.5. The van der Waals surface area contributed by atoms with E-state index in [-0.39, 0.29) is 29.7 Å². The van der Waals surface area contributed by atoms with Crippen molar-refractivity contribution in [2.45, 2.75) is 65.0 Å². The first-order chi connectivity index (χ1) is 19.5. The van der Waals surface area contributed by atoms with Gasteiger partial charge in [0.1, 0.15) is 0 Å². The predicted molar refractivity (Wildman–Crippen MR) is 155 cm³/mol. The van der Waals surface area contributed by atoms with E-state index in [9.17, 15) is 14.4 Å². The molecule has 6 rings (SSSR count). The van der Waals surface area contributed by atoms with Crippen molar-refractivity contribution < 1.29 is 19.2 Å². The lowest BCUT2D eigenvalue weighted by molar-refractivity contribution is -0.139. The number of amides is 4. The Labute approximate surface area is 243 Å². The average Bonchev–Trinajstić information content (AvgIpc) is 3.35. The van der Waals surface area contributed by atoms with Gasteiger partial charge in [0.05, 0.1) is 34.8 Å². The Morgan fingerprint density at radius 3 is 2.83 bits per heavy atom. The Kier molecular flexibility index (Phi) is 6.94. The Morgan fingerprint density at radius 2 is 2.05 bits per heavy atom. The summed E-state index contributed by atoms with van der Waals surface area (Å²) in [6.07, 6.45) is 4.42. The minimum Gasteiger partial charge on any atom is -0.338 e. The van der Waals surface area contributed by atoms with Crippen LogP contribution in [-0.2, 0) is 40.2 Å². The number of aryl methyl sites for hydroxylation is 1. The van der Waals surface area contributed by atoms with E-state index in [0.717, 1.165) is 46.0 Å². The number of fused-ring (bicyclic) bond motifs is 4. The third-order valence-corrected chi connectivity index (χ3v) is 8.55. The molecule has 0 saturated carbocycles. The Balaban J connectivity index is 1.20. The van der Waals surface area contributed by atoms with Crippen LogP contribution in [0, 0.1) is 11.3 Å². The number of halogens is 1. The van der Waals surface area contributed by atoms with Crippen LogP contribution in [0.25, 0.3) is 10.9 Å². The fourth-order valence-corrected chi connectivity index (χ4v) is 6.72. The molecule has 2 aliphatic heterocycles. The van der Waals surface area contributed by atoms with Crippen molar-refractivity contribution in [3.05, 3.63) is 57.7 Å². The zero-order chi connectivity index (χ0) is 28.9. The lowest BCUT2D eigenvalue weighted by Gasteiger charge is -2.41. The zero-order valence-electron chi connectivity index (χ0n) is 23.5. The summed E-state index contributed by atoms with van der Waals surface area (Å²) in [5.74, 6) is -0.745. The normalized spacial score (nSPS) is 22.5. The molecule has 1 saturated heterocycles. The number of nitrogens with zero attached hydrogens (tertiary/aromatic N) is 2. The van der Waals surface area contributed by atoms with Crippen LogP contribution < -0.4 is 16.1 Å². The zero-order valence-corrected chi connectivity index (χ0v) is 24.3. The molecule has 3 aromatic rings. The van der Waals surface area contributed by atoms with Gasteiger partial charge in [-0.2, -0.15) is 5.10 Å². The minimum absolute atomic E-state index is 0.0268. The number of H-pyrrole nitrogens is 1. The first-order valence-electron chi connectivity index (χ1n) is 14.0. The number of urea groups is 1. The standard InChI is InChI=1S/C30H35ClN6O4/c1-29(2,3)15-37-14-23-19(10-24(31)26-22(23)13-32-35-26)8-20(27(37)39)11-25(38)33-21-5-4-18-12-30(7-6-17(18)9-21)16-41-36-28(40)34-30/h4-5,9-10,13,20H,6-8,11-12,14-16H2,1-3H3,(H,32,35)(H,33,38)(H2,34,36,40)/t20-,30?/m0/s1. The lowest BCUT2D eigenvalue weighted by Crippen LogP contribution is -2.62. The van der Waals surface area contributed by atoms with Gasteiger partial charge in [0.25, 0.3) is 0 Å². The second kappa shape index (κ2) is 10.3. The molecular weight excluding hydrogens is 544 g/mol. The molecular formula is C30H35ClN6O4. The highest BCUT2D eigenvalue weighted by molar-refractivity contribution is 6.35. The summed E-state index contributed by atoms with van der Waals surface area (Å²) in [6, 6.07) is 7.45.